The number of anilines is 1. The van der Waals surface area contributed by atoms with Crippen molar-refractivity contribution in [3.8, 4) is 0 Å². The Morgan fingerprint density at radius 2 is 1.93 bits per heavy atom. The van der Waals surface area contributed by atoms with Gasteiger partial charge in [-0.1, -0.05) is 12.1 Å². The Balaban J connectivity index is 0.00000364. The minimum absolute atomic E-state index is 0. The highest BCUT2D eigenvalue weighted by atomic mass is 127. The lowest BCUT2D eigenvalue weighted by Crippen LogP contribution is -2.39. The number of nitrogens with zero attached hydrogens (tertiary/aromatic N) is 2. The molecule has 0 spiro atoms. The number of aliphatic imine (C=N–C) groups is 1. The summed E-state index contributed by atoms with van der Waals surface area (Å²) in [4.78, 5) is 29.4. The molecule has 0 saturated carbocycles. The Kier molecular flexibility index (Phi) is 10.1. The van der Waals surface area contributed by atoms with Crippen molar-refractivity contribution in [1.29, 1.82) is 0 Å². The Hall–Kier alpha value is -1.84. The molecule has 0 bridgehead atoms. The molecule has 0 aromatic heterocycles. The highest BCUT2D eigenvalue weighted by molar-refractivity contribution is 14.0. The van der Waals surface area contributed by atoms with Gasteiger partial charge in [0.2, 0.25) is 11.8 Å². The highest BCUT2D eigenvalue weighted by Gasteiger charge is 2.21. The molecule has 1 aromatic rings. The minimum Gasteiger partial charge on any atom is -0.356 e. The second kappa shape index (κ2) is 11.8. The Morgan fingerprint density at radius 3 is 2.48 bits per heavy atom. The van der Waals surface area contributed by atoms with Crippen LogP contribution in [0.15, 0.2) is 29.3 Å². The zero-order chi connectivity index (χ0) is 18.9. The molecule has 1 aliphatic rings. The van der Waals surface area contributed by atoms with Crippen LogP contribution in [0.2, 0.25) is 0 Å². The van der Waals surface area contributed by atoms with E-state index in [0.717, 1.165) is 24.2 Å². The third-order valence-electron chi connectivity index (χ3n) is 4.10. The molecule has 1 aromatic carbocycles. The monoisotopic (exact) mass is 487 g/mol. The number of hydrogen-bond donors (Lipinski definition) is 3. The molecule has 1 aliphatic heterocycles. The van der Waals surface area contributed by atoms with E-state index < -0.39 is 0 Å². The van der Waals surface area contributed by atoms with E-state index in [-0.39, 0.29) is 41.8 Å². The van der Waals surface area contributed by atoms with Gasteiger partial charge in [-0.3, -0.25) is 14.6 Å². The summed E-state index contributed by atoms with van der Waals surface area (Å²) >= 11 is 0. The molecular formula is C19H30IN5O2. The van der Waals surface area contributed by atoms with E-state index in [4.69, 9.17) is 0 Å². The first-order valence-electron chi connectivity index (χ1n) is 9.13. The molecule has 8 heteroatoms. The van der Waals surface area contributed by atoms with Gasteiger partial charge >= 0.3 is 0 Å². The molecule has 1 saturated heterocycles. The quantitative estimate of drug-likeness (QED) is 0.312. The van der Waals surface area contributed by atoms with E-state index in [1.807, 2.05) is 43.0 Å². The fourth-order valence-corrected chi connectivity index (χ4v) is 2.81. The smallest absolute Gasteiger partial charge is 0.227 e. The van der Waals surface area contributed by atoms with E-state index in [2.05, 4.69) is 20.9 Å². The zero-order valence-corrected chi connectivity index (χ0v) is 18.6. The van der Waals surface area contributed by atoms with Gasteiger partial charge in [0.15, 0.2) is 5.96 Å². The average molecular weight is 487 g/mol. The van der Waals surface area contributed by atoms with Gasteiger partial charge in [-0.2, -0.15) is 0 Å². The van der Waals surface area contributed by atoms with Crippen molar-refractivity contribution < 1.29 is 9.59 Å². The number of carbonyl (C=O) groups is 2. The average Bonchev–Trinajstić information content (AvgIpc) is 3.03. The maximum Gasteiger partial charge on any atom is 0.227 e. The van der Waals surface area contributed by atoms with E-state index in [1.165, 1.54) is 0 Å². The first-order chi connectivity index (χ1) is 12.5. The van der Waals surface area contributed by atoms with Gasteiger partial charge in [-0.05, 0) is 38.0 Å². The fourth-order valence-electron chi connectivity index (χ4n) is 2.81. The van der Waals surface area contributed by atoms with Gasteiger partial charge in [0.1, 0.15) is 0 Å². The predicted molar refractivity (Wildman–Crippen MR) is 120 cm³/mol. The van der Waals surface area contributed by atoms with E-state index in [1.54, 1.807) is 7.05 Å². The minimum atomic E-state index is 0. The molecular weight excluding hydrogens is 457 g/mol. The van der Waals surface area contributed by atoms with Gasteiger partial charge < -0.3 is 20.9 Å². The van der Waals surface area contributed by atoms with Gasteiger partial charge in [0.05, 0.1) is 0 Å². The lowest BCUT2D eigenvalue weighted by atomic mass is 10.2. The third-order valence-corrected chi connectivity index (χ3v) is 4.10. The third kappa shape index (κ3) is 7.74. The van der Waals surface area contributed by atoms with Gasteiger partial charge in [-0.25, -0.2) is 0 Å². The van der Waals surface area contributed by atoms with Crippen molar-refractivity contribution in [2.24, 2.45) is 4.99 Å². The second-order valence-corrected chi connectivity index (χ2v) is 6.64. The first-order valence-corrected chi connectivity index (χ1v) is 9.13. The molecule has 0 radical (unpaired) electrons. The lowest BCUT2D eigenvalue weighted by molar-refractivity contribution is -0.121. The van der Waals surface area contributed by atoms with Crippen LogP contribution in [0.25, 0.3) is 0 Å². The van der Waals surface area contributed by atoms with Crippen LogP contribution in [0, 0.1) is 0 Å². The van der Waals surface area contributed by atoms with Crippen LogP contribution in [0.5, 0.6) is 0 Å². The van der Waals surface area contributed by atoms with Crippen LogP contribution in [0.3, 0.4) is 0 Å². The van der Waals surface area contributed by atoms with Crippen LogP contribution in [0.1, 0.15) is 38.7 Å². The largest absolute Gasteiger partial charge is 0.356 e. The standard InChI is InChI=1S/C19H29N5O2.HI/c1-14(2)23-17(25)10-11-21-19(20-3)22-13-15-6-8-16(9-7-15)24-12-4-5-18(24)26;/h6-9,14H,4-5,10-13H2,1-3H3,(H,23,25)(H2,20,21,22);1H. The summed E-state index contributed by atoms with van der Waals surface area (Å²) in [5.41, 5.74) is 2.05. The van der Waals surface area contributed by atoms with E-state index >= 15 is 0 Å². The van der Waals surface area contributed by atoms with Crippen molar-refractivity contribution in [3.63, 3.8) is 0 Å². The van der Waals surface area contributed by atoms with Crippen LogP contribution >= 0.6 is 24.0 Å². The Labute approximate surface area is 178 Å². The van der Waals surface area contributed by atoms with E-state index in [0.29, 0.717) is 31.9 Å². The molecule has 1 heterocycles. The van der Waals surface area contributed by atoms with Crippen molar-refractivity contribution in [2.75, 3.05) is 25.0 Å². The van der Waals surface area contributed by atoms with Crippen molar-refractivity contribution in [2.45, 2.75) is 45.7 Å². The maximum absolute atomic E-state index is 11.8. The number of nitrogens with one attached hydrogen (secondary N) is 3. The summed E-state index contributed by atoms with van der Waals surface area (Å²) in [6, 6.07) is 8.13. The highest BCUT2D eigenvalue weighted by Crippen LogP contribution is 2.21. The molecule has 1 fully saturated rings. The molecule has 150 valence electrons. The normalized spacial score (nSPS) is 14.1. The van der Waals surface area contributed by atoms with Gasteiger partial charge in [-0.15, -0.1) is 24.0 Å². The summed E-state index contributed by atoms with van der Waals surface area (Å²) in [6.07, 6.45) is 1.97. The van der Waals surface area contributed by atoms with Crippen molar-refractivity contribution >= 4 is 47.4 Å². The number of guanidine groups is 1. The topological polar surface area (TPSA) is 85.8 Å². The first kappa shape index (κ1) is 23.2. The fraction of sp³-hybridized carbons (Fsp3) is 0.526. The van der Waals surface area contributed by atoms with Crippen LogP contribution < -0.4 is 20.9 Å². The van der Waals surface area contributed by atoms with Gasteiger partial charge in [0.25, 0.3) is 0 Å². The number of rotatable bonds is 7. The van der Waals surface area contributed by atoms with Crippen LogP contribution in [-0.2, 0) is 16.1 Å². The van der Waals surface area contributed by atoms with E-state index in [9.17, 15) is 9.59 Å². The number of hydrogen-bond acceptors (Lipinski definition) is 3. The maximum atomic E-state index is 11.8. The summed E-state index contributed by atoms with van der Waals surface area (Å²) in [6.45, 7) is 5.82. The second-order valence-electron chi connectivity index (χ2n) is 6.64. The Morgan fingerprint density at radius 1 is 1.22 bits per heavy atom. The summed E-state index contributed by atoms with van der Waals surface area (Å²) in [5, 5.41) is 9.21. The molecule has 2 amide bonds. The lowest BCUT2D eigenvalue weighted by Gasteiger charge is -2.16. The Bertz CT molecular complexity index is 646. The molecule has 0 aliphatic carbocycles. The number of benzene rings is 1. The number of amides is 2. The molecule has 7 nitrogen and oxygen atoms in total. The molecule has 0 atom stereocenters. The molecule has 27 heavy (non-hydrogen) atoms. The summed E-state index contributed by atoms with van der Waals surface area (Å²) in [7, 11) is 1.70. The SMILES string of the molecule is CN=C(NCCC(=O)NC(C)C)NCc1ccc(N2CCCC2=O)cc1.I. The van der Waals surface area contributed by atoms with Crippen molar-refractivity contribution in [3.05, 3.63) is 29.8 Å². The summed E-state index contributed by atoms with van der Waals surface area (Å²) in [5.74, 6) is 0.873. The van der Waals surface area contributed by atoms with Gasteiger partial charge in [0, 0.05) is 51.3 Å². The number of carbonyl (C=O) groups excluding carboxylic acids is 2. The number of halogens is 1. The molecule has 0 unspecified atom stereocenters. The summed E-state index contributed by atoms with van der Waals surface area (Å²) < 4.78 is 0. The zero-order valence-electron chi connectivity index (χ0n) is 16.2. The van der Waals surface area contributed by atoms with Crippen LogP contribution in [0.4, 0.5) is 5.69 Å². The van der Waals surface area contributed by atoms with Crippen molar-refractivity contribution in [1.82, 2.24) is 16.0 Å². The predicted octanol–water partition coefficient (Wildman–Crippen LogP) is 2.01. The molecule has 3 N–H and O–H groups in total. The molecule has 2 rings (SSSR count). The van der Waals surface area contributed by atoms with Crippen LogP contribution in [-0.4, -0.2) is 44.0 Å².